The summed E-state index contributed by atoms with van der Waals surface area (Å²) >= 11 is 1.28. The number of hydrogen-bond acceptors (Lipinski definition) is 6. The van der Waals surface area contributed by atoms with E-state index in [0.717, 1.165) is 17.1 Å². The van der Waals surface area contributed by atoms with Crippen LogP contribution in [-0.2, 0) is 4.74 Å². The van der Waals surface area contributed by atoms with Crippen LogP contribution in [0.2, 0.25) is 0 Å². The molecular formula is C19H16F2N4O2S. The normalized spacial score (nSPS) is 14.1. The lowest BCUT2D eigenvalue weighted by atomic mass is 10.1. The summed E-state index contributed by atoms with van der Waals surface area (Å²) in [5.41, 5.74) is 0.420. The van der Waals surface area contributed by atoms with Crippen molar-refractivity contribution in [1.82, 2.24) is 9.36 Å². The number of carbonyl (C=O) groups excluding carboxylic acids is 1. The molecule has 6 nitrogen and oxygen atoms in total. The highest BCUT2D eigenvalue weighted by atomic mass is 32.1. The van der Waals surface area contributed by atoms with Crippen molar-refractivity contribution in [1.29, 1.82) is 0 Å². The van der Waals surface area contributed by atoms with Crippen LogP contribution in [0.5, 0.6) is 0 Å². The fourth-order valence-electron chi connectivity index (χ4n) is 2.94. The SMILES string of the molecule is O=C(Nc1cnsc1N1CCOCC1)c1cccc(-c2c(F)cccc2F)n1. The first kappa shape index (κ1) is 18.5. The Labute approximate surface area is 164 Å². The first-order chi connectivity index (χ1) is 13.6. The Kier molecular flexibility index (Phi) is 5.27. The summed E-state index contributed by atoms with van der Waals surface area (Å²) in [6, 6.07) is 8.08. The predicted octanol–water partition coefficient (Wildman–Crippen LogP) is 3.57. The van der Waals surface area contributed by atoms with Gasteiger partial charge in [-0.15, -0.1) is 0 Å². The van der Waals surface area contributed by atoms with E-state index >= 15 is 0 Å². The molecular weight excluding hydrogens is 386 g/mol. The van der Waals surface area contributed by atoms with Gasteiger partial charge < -0.3 is 15.0 Å². The van der Waals surface area contributed by atoms with Crippen LogP contribution < -0.4 is 10.2 Å². The lowest BCUT2D eigenvalue weighted by Crippen LogP contribution is -2.36. The number of amides is 1. The first-order valence-electron chi connectivity index (χ1n) is 8.63. The van der Waals surface area contributed by atoms with Gasteiger partial charge in [0.1, 0.15) is 22.3 Å². The number of anilines is 2. The van der Waals surface area contributed by atoms with Crippen LogP contribution in [0.25, 0.3) is 11.3 Å². The Bertz CT molecular complexity index is 985. The highest BCUT2D eigenvalue weighted by molar-refractivity contribution is 7.11. The molecule has 1 saturated heterocycles. The van der Waals surface area contributed by atoms with E-state index < -0.39 is 17.5 Å². The van der Waals surface area contributed by atoms with E-state index in [-0.39, 0.29) is 17.0 Å². The molecule has 0 saturated carbocycles. The van der Waals surface area contributed by atoms with Gasteiger partial charge >= 0.3 is 0 Å². The van der Waals surface area contributed by atoms with Crippen LogP contribution in [0.4, 0.5) is 19.5 Å². The first-order valence-corrected chi connectivity index (χ1v) is 9.41. The maximum atomic E-state index is 14.0. The van der Waals surface area contributed by atoms with Gasteiger partial charge in [-0.1, -0.05) is 12.1 Å². The molecule has 1 aromatic carbocycles. The van der Waals surface area contributed by atoms with Crippen molar-refractivity contribution in [3.05, 3.63) is 59.9 Å². The molecule has 0 atom stereocenters. The summed E-state index contributed by atoms with van der Waals surface area (Å²) in [5, 5.41) is 3.63. The number of rotatable bonds is 4. The van der Waals surface area contributed by atoms with E-state index in [0.29, 0.717) is 32.0 Å². The Morgan fingerprint density at radius 2 is 1.82 bits per heavy atom. The second-order valence-electron chi connectivity index (χ2n) is 6.10. The minimum absolute atomic E-state index is 0.0549. The summed E-state index contributed by atoms with van der Waals surface area (Å²) < 4.78 is 37.6. The minimum Gasteiger partial charge on any atom is -0.378 e. The van der Waals surface area contributed by atoms with Gasteiger partial charge in [0.2, 0.25) is 0 Å². The van der Waals surface area contributed by atoms with Crippen LogP contribution in [0, 0.1) is 11.6 Å². The molecule has 0 unspecified atom stereocenters. The second kappa shape index (κ2) is 7.99. The molecule has 4 rings (SSSR count). The molecule has 1 fully saturated rings. The molecule has 2 aromatic heterocycles. The number of carbonyl (C=O) groups is 1. The number of hydrogen-bond donors (Lipinski definition) is 1. The van der Waals surface area contributed by atoms with Crippen molar-refractivity contribution in [3.63, 3.8) is 0 Å². The third kappa shape index (κ3) is 3.71. The maximum Gasteiger partial charge on any atom is 0.274 e. The molecule has 1 aliphatic heterocycles. The van der Waals surface area contributed by atoms with Crippen LogP contribution in [0.3, 0.4) is 0 Å². The van der Waals surface area contributed by atoms with Gasteiger partial charge in [-0.3, -0.25) is 4.79 Å². The minimum atomic E-state index is -0.735. The third-order valence-electron chi connectivity index (χ3n) is 4.30. The van der Waals surface area contributed by atoms with Crippen molar-refractivity contribution >= 4 is 28.1 Å². The number of ether oxygens (including phenoxy) is 1. The Morgan fingerprint density at radius 3 is 2.57 bits per heavy atom. The summed E-state index contributed by atoms with van der Waals surface area (Å²) in [6.45, 7) is 2.66. The summed E-state index contributed by atoms with van der Waals surface area (Å²) in [7, 11) is 0. The van der Waals surface area contributed by atoms with Crippen molar-refractivity contribution in [2.24, 2.45) is 0 Å². The molecule has 0 radical (unpaired) electrons. The molecule has 3 heterocycles. The fraction of sp³-hybridized carbons (Fsp3) is 0.211. The Morgan fingerprint density at radius 1 is 1.11 bits per heavy atom. The number of benzene rings is 1. The Balaban J connectivity index is 1.58. The summed E-state index contributed by atoms with van der Waals surface area (Å²) in [4.78, 5) is 18.9. The van der Waals surface area contributed by atoms with E-state index in [1.807, 2.05) is 0 Å². The average molecular weight is 402 g/mol. The zero-order valence-electron chi connectivity index (χ0n) is 14.7. The number of nitrogens with one attached hydrogen (secondary N) is 1. The van der Waals surface area contributed by atoms with E-state index in [1.54, 1.807) is 6.20 Å². The lowest BCUT2D eigenvalue weighted by Gasteiger charge is -2.27. The molecule has 1 amide bonds. The van der Waals surface area contributed by atoms with Crippen LogP contribution in [0.1, 0.15) is 10.5 Å². The van der Waals surface area contributed by atoms with Crippen LogP contribution >= 0.6 is 11.5 Å². The molecule has 0 aliphatic carbocycles. The van der Waals surface area contributed by atoms with E-state index in [1.165, 1.54) is 35.8 Å². The number of morpholine rings is 1. The molecule has 9 heteroatoms. The van der Waals surface area contributed by atoms with E-state index in [2.05, 4.69) is 19.6 Å². The van der Waals surface area contributed by atoms with Gasteiger partial charge in [-0.05, 0) is 35.8 Å². The van der Waals surface area contributed by atoms with Crippen LogP contribution in [-0.4, -0.2) is 41.6 Å². The molecule has 144 valence electrons. The zero-order chi connectivity index (χ0) is 19.5. The van der Waals surface area contributed by atoms with Gasteiger partial charge in [0, 0.05) is 13.1 Å². The number of pyridine rings is 1. The highest BCUT2D eigenvalue weighted by Gasteiger charge is 2.20. The molecule has 0 bridgehead atoms. The largest absolute Gasteiger partial charge is 0.378 e. The van der Waals surface area contributed by atoms with E-state index in [9.17, 15) is 13.6 Å². The predicted molar refractivity (Wildman–Crippen MR) is 103 cm³/mol. The van der Waals surface area contributed by atoms with E-state index in [4.69, 9.17) is 4.74 Å². The van der Waals surface area contributed by atoms with Gasteiger partial charge in [0.25, 0.3) is 5.91 Å². The summed E-state index contributed by atoms with van der Waals surface area (Å²) in [6.07, 6.45) is 1.58. The smallest absolute Gasteiger partial charge is 0.274 e. The molecule has 28 heavy (non-hydrogen) atoms. The average Bonchev–Trinajstić information content (AvgIpc) is 3.17. The van der Waals surface area contributed by atoms with Crippen molar-refractivity contribution in [2.75, 3.05) is 36.5 Å². The van der Waals surface area contributed by atoms with Crippen molar-refractivity contribution < 1.29 is 18.3 Å². The fourth-order valence-corrected chi connectivity index (χ4v) is 3.70. The zero-order valence-corrected chi connectivity index (χ0v) is 15.5. The lowest BCUT2D eigenvalue weighted by molar-refractivity contribution is 0.102. The quantitative estimate of drug-likeness (QED) is 0.723. The molecule has 1 N–H and O–H groups in total. The second-order valence-corrected chi connectivity index (χ2v) is 6.88. The van der Waals surface area contributed by atoms with Gasteiger partial charge in [0.05, 0.1) is 36.4 Å². The maximum absolute atomic E-state index is 14.0. The molecule has 3 aromatic rings. The highest BCUT2D eigenvalue weighted by Crippen LogP contribution is 2.31. The molecule has 0 spiro atoms. The van der Waals surface area contributed by atoms with Crippen molar-refractivity contribution in [3.8, 4) is 11.3 Å². The summed E-state index contributed by atoms with van der Waals surface area (Å²) in [5.74, 6) is -1.95. The Hall–Kier alpha value is -2.91. The van der Waals surface area contributed by atoms with Gasteiger partial charge in [-0.2, -0.15) is 4.37 Å². The van der Waals surface area contributed by atoms with Crippen LogP contribution in [0.15, 0.2) is 42.6 Å². The van der Waals surface area contributed by atoms with Crippen molar-refractivity contribution in [2.45, 2.75) is 0 Å². The number of aromatic nitrogens is 2. The van der Waals surface area contributed by atoms with Gasteiger partial charge in [-0.25, -0.2) is 13.8 Å². The molecule has 1 aliphatic rings. The van der Waals surface area contributed by atoms with Gasteiger partial charge in [0.15, 0.2) is 0 Å². The standard InChI is InChI=1S/C19H16F2N4O2S/c20-12-3-1-4-13(21)17(12)14-5-2-6-15(23-14)18(26)24-16-11-22-28-19(16)25-7-9-27-10-8-25/h1-6,11H,7-10H2,(H,24,26). The monoisotopic (exact) mass is 402 g/mol. The topological polar surface area (TPSA) is 67.4 Å². The number of nitrogens with zero attached hydrogens (tertiary/aromatic N) is 3. The third-order valence-corrected chi connectivity index (χ3v) is 5.16. The number of halogens is 2.